The summed E-state index contributed by atoms with van der Waals surface area (Å²) in [5.41, 5.74) is 4.66. The van der Waals surface area contributed by atoms with Gasteiger partial charge < -0.3 is 14.8 Å². The van der Waals surface area contributed by atoms with Gasteiger partial charge in [-0.3, -0.25) is 9.59 Å². The molecule has 3 fully saturated rings. The number of nitrogens with zero attached hydrogens (tertiary/aromatic N) is 1. The number of carbonyl (C=O) groups excluding carboxylic acids is 1. The number of hydrogen-bond donors (Lipinski definition) is 2. The molecule has 0 bridgehead atoms. The summed E-state index contributed by atoms with van der Waals surface area (Å²) in [5.74, 6) is -0.0685. The molecule has 0 radical (unpaired) electrons. The van der Waals surface area contributed by atoms with Crippen molar-refractivity contribution < 1.29 is 19.1 Å². The Labute approximate surface area is 214 Å². The highest BCUT2D eigenvalue weighted by atomic mass is 16.4. The van der Waals surface area contributed by atoms with Gasteiger partial charge in [0.2, 0.25) is 0 Å². The van der Waals surface area contributed by atoms with Crippen molar-refractivity contribution in [1.29, 1.82) is 0 Å². The van der Waals surface area contributed by atoms with Crippen molar-refractivity contribution in [2.45, 2.75) is 109 Å². The standard InChI is InChI=1S/C30H40N2O4/c1-29(2,3)21-13-19(14-22(17-21)30(4)10-11-30)25-24(12-18-8-6-5-7-9-18)36-27(32-25)26(33)31-23-15-20(16-23)28(34)35/h13-14,17-18,20,23H,5-12,15-16H2,1-4H3,(H,31,33)(H,34,35). The maximum absolute atomic E-state index is 13.1. The number of carbonyl (C=O) groups is 2. The molecule has 1 aromatic carbocycles. The van der Waals surface area contributed by atoms with Crippen LogP contribution in [-0.2, 0) is 22.0 Å². The Bertz CT molecular complexity index is 1120. The zero-order valence-electron chi connectivity index (χ0n) is 22.2. The van der Waals surface area contributed by atoms with E-state index in [2.05, 4.69) is 51.2 Å². The van der Waals surface area contributed by atoms with Crippen LogP contribution in [0.1, 0.15) is 113 Å². The first-order valence-corrected chi connectivity index (χ1v) is 13.7. The van der Waals surface area contributed by atoms with Crippen molar-refractivity contribution in [2.24, 2.45) is 11.8 Å². The van der Waals surface area contributed by atoms with Gasteiger partial charge in [-0.2, -0.15) is 0 Å². The van der Waals surface area contributed by atoms with Crippen molar-refractivity contribution in [3.63, 3.8) is 0 Å². The molecule has 3 saturated carbocycles. The lowest BCUT2D eigenvalue weighted by Gasteiger charge is -2.32. The van der Waals surface area contributed by atoms with Gasteiger partial charge in [0, 0.05) is 18.0 Å². The van der Waals surface area contributed by atoms with E-state index < -0.39 is 5.97 Å². The van der Waals surface area contributed by atoms with E-state index in [9.17, 15) is 9.59 Å². The minimum Gasteiger partial charge on any atom is -0.481 e. The van der Waals surface area contributed by atoms with Crippen LogP contribution < -0.4 is 5.32 Å². The third kappa shape index (κ3) is 5.23. The molecule has 194 valence electrons. The highest BCUT2D eigenvalue weighted by Crippen LogP contribution is 2.49. The predicted molar refractivity (Wildman–Crippen MR) is 139 cm³/mol. The zero-order chi connectivity index (χ0) is 25.7. The van der Waals surface area contributed by atoms with Crippen LogP contribution in [0.4, 0.5) is 0 Å². The van der Waals surface area contributed by atoms with Gasteiger partial charge in [-0.05, 0) is 65.7 Å². The second-order valence-electron chi connectivity index (χ2n) is 12.8. The van der Waals surface area contributed by atoms with E-state index in [0.29, 0.717) is 18.8 Å². The summed E-state index contributed by atoms with van der Waals surface area (Å²) in [4.78, 5) is 29.0. The molecule has 6 nitrogen and oxygen atoms in total. The first kappa shape index (κ1) is 25.0. The quantitative estimate of drug-likeness (QED) is 0.466. The third-order valence-electron chi connectivity index (χ3n) is 8.68. The van der Waals surface area contributed by atoms with Crippen LogP contribution in [0.15, 0.2) is 22.6 Å². The fraction of sp³-hybridized carbons (Fsp3) is 0.633. The van der Waals surface area contributed by atoms with Gasteiger partial charge in [0.05, 0.1) is 5.92 Å². The highest BCUT2D eigenvalue weighted by molar-refractivity contribution is 5.91. The van der Waals surface area contributed by atoms with Gasteiger partial charge in [-0.1, -0.05) is 65.9 Å². The number of amides is 1. The maximum Gasteiger partial charge on any atom is 0.307 e. The first-order chi connectivity index (χ1) is 17.0. The fourth-order valence-electron chi connectivity index (χ4n) is 5.67. The van der Waals surface area contributed by atoms with Gasteiger partial charge in [0.15, 0.2) is 0 Å². The SMILES string of the molecule is CC(C)(C)c1cc(-c2nc(C(=O)NC3CC(C(=O)O)C3)oc2CC2CCCCC2)cc(C2(C)CC2)c1. The molecule has 3 aliphatic carbocycles. The summed E-state index contributed by atoms with van der Waals surface area (Å²) in [6.07, 6.45) is 10.3. The molecule has 2 aromatic rings. The summed E-state index contributed by atoms with van der Waals surface area (Å²) in [6.45, 7) is 9.03. The van der Waals surface area contributed by atoms with Crippen LogP contribution in [0.25, 0.3) is 11.3 Å². The lowest BCUT2D eigenvalue weighted by atomic mass is 9.80. The van der Waals surface area contributed by atoms with Crippen molar-refractivity contribution in [1.82, 2.24) is 10.3 Å². The van der Waals surface area contributed by atoms with Crippen LogP contribution in [-0.4, -0.2) is 28.0 Å². The van der Waals surface area contributed by atoms with Crippen molar-refractivity contribution in [2.75, 3.05) is 0 Å². The maximum atomic E-state index is 13.1. The highest BCUT2D eigenvalue weighted by Gasteiger charge is 2.40. The van der Waals surface area contributed by atoms with E-state index in [1.807, 2.05) is 0 Å². The molecule has 0 saturated heterocycles. The summed E-state index contributed by atoms with van der Waals surface area (Å²) >= 11 is 0. The van der Waals surface area contributed by atoms with E-state index in [1.165, 1.54) is 56.1 Å². The Balaban J connectivity index is 1.48. The van der Waals surface area contributed by atoms with Gasteiger partial charge >= 0.3 is 11.9 Å². The number of aliphatic carboxylic acids is 1. The number of rotatable bonds is 7. The summed E-state index contributed by atoms with van der Waals surface area (Å²) in [6, 6.07) is 6.69. The Kier molecular flexibility index (Phi) is 6.50. The molecule has 0 unspecified atom stereocenters. The predicted octanol–water partition coefficient (Wildman–Crippen LogP) is 6.41. The molecular formula is C30H40N2O4. The van der Waals surface area contributed by atoms with Gasteiger partial charge in [0.1, 0.15) is 11.5 Å². The number of carboxylic acid groups (broad SMARTS) is 1. The van der Waals surface area contributed by atoms with Gasteiger partial charge in [-0.25, -0.2) is 4.98 Å². The normalized spacial score (nSPS) is 23.7. The monoisotopic (exact) mass is 492 g/mol. The number of benzene rings is 1. The van der Waals surface area contributed by atoms with E-state index in [4.69, 9.17) is 14.5 Å². The Morgan fingerprint density at radius 3 is 2.42 bits per heavy atom. The fourth-order valence-corrected chi connectivity index (χ4v) is 5.67. The van der Waals surface area contributed by atoms with E-state index in [-0.39, 0.29) is 34.6 Å². The van der Waals surface area contributed by atoms with Crippen LogP contribution >= 0.6 is 0 Å². The number of carboxylic acids is 1. The second kappa shape index (κ2) is 9.35. The average molecular weight is 493 g/mol. The van der Waals surface area contributed by atoms with E-state index in [1.54, 1.807) is 0 Å². The van der Waals surface area contributed by atoms with Crippen LogP contribution in [0.3, 0.4) is 0 Å². The zero-order valence-corrected chi connectivity index (χ0v) is 22.2. The third-order valence-corrected chi connectivity index (χ3v) is 8.68. The topological polar surface area (TPSA) is 92.4 Å². The Morgan fingerprint density at radius 2 is 1.81 bits per heavy atom. The largest absolute Gasteiger partial charge is 0.481 e. The number of oxazole rings is 1. The van der Waals surface area contributed by atoms with Crippen molar-refractivity contribution >= 4 is 11.9 Å². The summed E-state index contributed by atoms with van der Waals surface area (Å²) in [7, 11) is 0. The molecule has 1 heterocycles. The summed E-state index contributed by atoms with van der Waals surface area (Å²) < 4.78 is 6.20. The van der Waals surface area contributed by atoms with Gasteiger partial charge in [-0.15, -0.1) is 0 Å². The average Bonchev–Trinajstić information content (AvgIpc) is 3.42. The van der Waals surface area contributed by atoms with Crippen LogP contribution in [0.2, 0.25) is 0 Å². The molecule has 0 aliphatic heterocycles. The molecule has 5 rings (SSSR count). The first-order valence-electron chi connectivity index (χ1n) is 13.7. The van der Waals surface area contributed by atoms with E-state index >= 15 is 0 Å². The number of nitrogens with one attached hydrogen (secondary N) is 1. The van der Waals surface area contributed by atoms with Crippen molar-refractivity contribution in [3.8, 4) is 11.3 Å². The lowest BCUT2D eigenvalue weighted by Crippen LogP contribution is -2.46. The summed E-state index contributed by atoms with van der Waals surface area (Å²) in [5, 5.41) is 12.1. The molecule has 1 aromatic heterocycles. The van der Waals surface area contributed by atoms with Crippen LogP contribution in [0, 0.1) is 11.8 Å². The molecular weight excluding hydrogens is 452 g/mol. The molecule has 2 N–H and O–H groups in total. The number of aromatic nitrogens is 1. The lowest BCUT2D eigenvalue weighted by molar-refractivity contribution is -0.145. The Hall–Kier alpha value is -2.63. The minimum atomic E-state index is -0.799. The molecule has 6 heteroatoms. The van der Waals surface area contributed by atoms with E-state index in [0.717, 1.165) is 23.4 Å². The second-order valence-corrected chi connectivity index (χ2v) is 12.8. The molecule has 3 aliphatic rings. The Morgan fingerprint density at radius 1 is 1.11 bits per heavy atom. The molecule has 36 heavy (non-hydrogen) atoms. The smallest absolute Gasteiger partial charge is 0.307 e. The van der Waals surface area contributed by atoms with Crippen molar-refractivity contribution in [3.05, 3.63) is 41.0 Å². The molecule has 1 amide bonds. The van der Waals surface area contributed by atoms with Gasteiger partial charge in [0.25, 0.3) is 5.89 Å². The molecule has 0 spiro atoms. The molecule has 0 atom stereocenters. The van der Waals surface area contributed by atoms with Crippen LogP contribution in [0.5, 0.6) is 0 Å². The minimum absolute atomic E-state index is 0.00557. The number of hydrogen-bond acceptors (Lipinski definition) is 4.